The van der Waals surface area contributed by atoms with Gasteiger partial charge in [0.15, 0.2) is 0 Å². The van der Waals surface area contributed by atoms with Crippen molar-refractivity contribution in [3.05, 3.63) is 64.2 Å². The van der Waals surface area contributed by atoms with E-state index >= 15 is 0 Å². The summed E-state index contributed by atoms with van der Waals surface area (Å²) in [6.45, 7) is 0.829. The van der Waals surface area contributed by atoms with Crippen molar-refractivity contribution in [3.8, 4) is 0 Å². The first-order chi connectivity index (χ1) is 8.66. The first kappa shape index (κ1) is 11.9. The average Bonchev–Trinajstić information content (AvgIpc) is 2.47. The van der Waals surface area contributed by atoms with Crippen LogP contribution in [0.2, 0.25) is 5.02 Å². The zero-order valence-corrected chi connectivity index (χ0v) is 11.5. The van der Waals surface area contributed by atoms with Gasteiger partial charge in [-0.25, -0.2) is 0 Å². The number of hydrogen-bond donors (Lipinski definition) is 0. The molecule has 2 aromatic carbocycles. The topological polar surface area (TPSA) is 3.24 Å². The Labute approximate surface area is 117 Å². The lowest BCUT2D eigenvalue weighted by atomic mass is 10.0. The maximum atomic E-state index is 6.63. The summed E-state index contributed by atoms with van der Waals surface area (Å²) < 4.78 is 0. The number of hydrogen-bond acceptors (Lipinski definition) is 1. The van der Waals surface area contributed by atoms with Gasteiger partial charge in [0.2, 0.25) is 0 Å². The number of anilines is 1. The van der Waals surface area contributed by atoms with Gasteiger partial charge in [-0.15, -0.1) is 11.6 Å². The van der Waals surface area contributed by atoms with Gasteiger partial charge in [0.1, 0.15) is 0 Å². The largest absolute Gasteiger partial charge is 0.370 e. The molecule has 92 valence electrons. The molecule has 3 rings (SSSR count). The standard InChI is InChI=1S/C15H13Cl2N/c1-18-9-10-8-11(16)6-7-12(10)15(17)13-4-2-3-5-14(13)18/h2-8,15H,9H2,1H3. The van der Waals surface area contributed by atoms with Crippen molar-refractivity contribution < 1.29 is 0 Å². The van der Waals surface area contributed by atoms with E-state index in [9.17, 15) is 0 Å². The van der Waals surface area contributed by atoms with Gasteiger partial charge in [0, 0.05) is 24.3 Å². The third-order valence-electron chi connectivity index (χ3n) is 3.41. The van der Waals surface area contributed by atoms with Crippen LogP contribution in [0.4, 0.5) is 5.69 Å². The van der Waals surface area contributed by atoms with Crippen LogP contribution < -0.4 is 4.90 Å². The number of nitrogens with zero attached hydrogens (tertiary/aromatic N) is 1. The fraction of sp³-hybridized carbons (Fsp3) is 0.200. The van der Waals surface area contributed by atoms with Crippen molar-refractivity contribution in [3.63, 3.8) is 0 Å². The minimum absolute atomic E-state index is 0.113. The van der Waals surface area contributed by atoms with Gasteiger partial charge in [-0.3, -0.25) is 0 Å². The fourth-order valence-corrected chi connectivity index (χ4v) is 3.11. The zero-order chi connectivity index (χ0) is 12.7. The number of halogens is 2. The summed E-state index contributed by atoms with van der Waals surface area (Å²) >= 11 is 12.7. The Morgan fingerprint density at radius 2 is 1.89 bits per heavy atom. The van der Waals surface area contributed by atoms with E-state index in [-0.39, 0.29) is 5.38 Å². The van der Waals surface area contributed by atoms with Crippen molar-refractivity contribution in [2.45, 2.75) is 11.9 Å². The second-order valence-corrected chi connectivity index (χ2v) is 5.49. The molecule has 2 aromatic rings. The molecule has 0 saturated heterocycles. The molecule has 1 aliphatic rings. The Morgan fingerprint density at radius 3 is 2.72 bits per heavy atom. The van der Waals surface area contributed by atoms with E-state index in [0.717, 1.165) is 22.7 Å². The molecule has 0 bridgehead atoms. The van der Waals surface area contributed by atoms with Gasteiger partial charge in [-0.1, -0.05) is 35.9 Å². The third-order valence-corrected chi connectivity index (χ3v) is 4.11. The first-order valence-electron chi connectivity index (χ1n) is 5.89. The molecule has 1 unspecified atom stereocenters. The summed E-state index contributed by atoms with van der Waals surface area (Å²) in [5.74, 6) is 0. The van der Waals surface area contributed by atoms with Gasteiger partial charge in [-0.05, 0) is 34.9 Å². The third kappa shape index (κ3) is 1.88. The number of para-hydroxylation sites is 1. The summed E-state index contributed by atoms with van der Waals surface area (Å²) in [6.07, 6.45) is 0. The first-order valence-corrected chi connectivity index (χ1v) is 6.70. The van der Waals surface area contributed by atoms with E-state index < -0.39 is 0 Å². The smallest absolute Gasteiger partial charge is 0.0858 e. The number of fused-ring (bicyclic) bond motifs is 2. The molecule has 0 saturated carbocycles. The van der Waals surface area contributed by atoms with Crippen molar-refractivity contribution in [1.29, 1.82) is 0 Å². The number of alkyl halides is 1. The molecular formula is C15H13Cl2N. The molecule has 18 heavy (non-hydrogen) atoms. The molecule has 1 heterocycles. The summed E-state index contributed by atoms with van der Waals surface area (Å²) in [6, 6.07) is 14.2. The Morgan fingerprint density at radius 1 is 1.11 bits per heavy atom. The fourth-order valence-electron chi connectivity index (χ4n) is 2.52. The molecule has 3 heteroatoms. The molecule has 0 aromatic heterocycles. The highest BCUT2D eigenvalue weighted by molar-refractivity contribution is 6.30. The van der Waals surface area contributed by atoms with Gasteiger partial charge in [-0.2, -0.15) is 0 Å². The lowest BCUT2D eigenvalue weighted by Gasteiger charge is -2.19. The quantitative estimate of drug-likeness (QED) is 0.636. The Hall–Kier alpha value is -1.18. The molecule has 1 aliphatic heterocycles. The summed E-state index contributed by atoms with van der Waals surface area (Å²) in [7, 11) is 2.08. The summed E-state index contributed by atoms with van der Waals surface area (Å²) in [5, 5.41) is 0.649. The minimum atomic E-state index is -0.113. The second kappa shape index (κ2) is 4.49. The Balaban J connectivity index is 2.21. The van der Waals surface area contributed by atoms with Gasteiger partial charge >= 0.3 is 0 Å². The highest BCUT2D eigenvalue weighted by Gasteiger charge is 2.23. The van der Waals surface area contributed by atoms with Crippen LogP contribution >= 0.6 is 23.2 Å². The summed E-state index contributed by atoms with van der Waals surface area (Å²) in [4.78, 5) is 2.22. The van der Waals surface area contributed by atoms with Crippen molar-refractivity contribution >= 4 is 28.9 Å². The van der Waals surface area contributed by atoms with Gasteiger partial charge in [0.05, 0.1) is 5.38 Å². The molecule has 0 N–H and O–H groups in total. The van der Waals surface area contributed by atoms with E-state index in [1.807, 2.05) is 30.3 Å². The highest BCUT2D eigenvalue weighted by atomic mass is 35.5. The van der Waals surface area contributed by atoms with Crippen LogP contribution in [0.3, 0.4) is 0 Å². The van der Waals surface area contributed by atoms with Crippen LogP contribution in [0, 0.1) is 0 Å². The SMILES string of the molecule is CN1Cc2cc(Cl)ccc2C(Cl)c2ccccc21. The van der Waals surface area contributed by atoms with E-state index in [1.54, 1.807) is 0 Å². The maximum absolute atomic E-state index is 6.63. The van der Waals surface area contributed by atoms with E-state index in [2.05, 4.69) is 24.1 Å². The molecule has 0 radical (unpaired) electrons. The van der Waals surface area contributed by atoms with Crippen molar-refractivity contribution in [1.82, 2.24) is 0 Å². The van der Waals surface area contributed by atoms with Crippen LogP contribution in [0.1, 0.15) is 22.1 Å². The monoisotopic (exact) mass is 277 g/mol. The zero-order valence-electron chi connectivity index (χ0n) is 10.0. The summed E-state index contributed by atoms with van der Waals surface area (Å²) in [5.41, 5.74) is 4.69. The molecule has 1 atom stereocenters. The van der Waals surface area contributed by atoms with Crippen LogP contribution in [0.25, 0.3) is 0 Å². The predicted octanol–water partition coefficient (Wildman–Crippen LogP) is 4.62. The van der Waals surface area contributed by atoms with Crippen molar-refractivity contribution in [2.24, 2.45) is 0 Å². The molecule has 0 spiro atoms. The lowest BCUT2D eigenvalue weighted by molar-refractivity contribution is 0.926. The van der Waals surface area contributed by atoms with Gasteiger partial charge in [0.25, 0.3) is 0 Å². The normalized spacial score (nSPS) is 17.9. The Bertz CT molecular complexity index is 595. The average molecular weight is 278 g/mol. The lowest BCUT2D eigenvalue weighted by Crippen LogP contribution is -2.16. The van der Waals surface area contributed by atoms with Crippen LogP contribution in [-0.2, 0) is 6.54 Å². The van der Waals surface area contributed by atoms with E-state index in [0.29, 0.717) is 0 Å². The number of rotatable bonds is 0. The van der Waals surface area contributed by atoms with Crippen LogP contribution in [0.5, 0.6) is 0 Å². The van der Waals surface area contributed by atoms with E-state index in [4.69, 9.17) is 23.2 Å². The molecule has 0 amide bonds. The number of benzene rings is 2. The maximum Gasteiger partial charge on any atom is 0.0858 e. The molecule has 0 fully saturated rings. The Kier molecular flexibility index (Phi) is 2.96. The minimum Gasteiger partial charge on any atom is -0.370 e. The van der Waals surface area contributed by atoms with Crippen molar-refractivity contribution in [2.75, 3.05) is 11.9 Å². The predicted molar refractivity (Wildman–Crippen MR) is 77.7 cm³/mol. The molecule has 1 nitrogen and oxygen atoms in total. The van der Waals surface area contributed by atoms with Crippen LogP contribution in [0.15, 0.2) is 42.5 Å². The highest BCUT2D eigenvalue weighted by Crippen LogP contribution is 2.40. The van der Waals surface area contributed by atoms with Gasteiger partial charge < -0.3 is 4.90 Å². The molecular weight excluding hydrogens is 265 g/mol. The van der Waals surface area contributed by atoms with E-state index in [1.165, 1.54) is 11.3 Å². The van der Waals surface area contributed by atoms with Crippen LogP contribution in [-0.4, -0.2) is 7.05 Å². The molecule has 0 aliphatic carbocycles. The second-order valence-electron chi connectivity index (χ2n) is 4.62.